The molecule has 6 aromatic rings. The number of carbonyl (C=O) groups excluding carboxylic acids is 3. The predicted molar refractivity (Wildman–Crippen MR) is 195 cm³/mol. The topological polar surface area (TPSA) is 156 Å². The van der Waals surface area contributed by atoms with Crippen molar-refractivity contribution in [3.63, 3.8) is 0 Å². The van der Waals surface area contributed by atoms with Crippen molar-refractivity contribution in [2.75, 3.05) is 16.4 Å². The molecule has 13 heteroatoms. The molecule has 0 atom stereocenters. The number of amides is 3. The predicted octanol–water partition coefficient (Wildman–Crippen LogP) is 8.12. The van der Waals surface area contributed by atoms with E-state index in [-0.39, 0.29) is 23.0 Å². The van der Waals surface area contributed by atoms with Crippen LogP contribution >= 0.6 is 23.1 Å². The fraction of sp³-hybridized carbons (Fsp3) is 0.0270. The normalized spacial score (nSPS) is 11.1. The molecule has 0 aliphatic carbocycles. The number of hydrogen-bond acceptors (Lipinski definition) is 9. The number of aromatic nitrogens is 1. The van der Waals surface area contributed by atoms with E-state index in [0.29, 0.717) is 39.2 Å². The second-order valence-electron chi connectivity index (χ2n) is 10.6. The minimum atomic E-state index is -0.553. The molecule has 11 nitrogen and oxygen atoms in total. The lowest BCUT2D eigenvalue weighted by molar-refractivity contribution is -0.384. The zero-order valence-electron chi connectivity index (χ0n) is 26.1. The van der Waals surface area contributed by atoms with Crippen molar-refractivity contribution in [3.8, 4) is 22.6 Å². The molecule has 2 aromatic heterocycles. The van der Waals surface area contributed by atoms with E-state index in [0.717, 1.165) is 10.5 Å². The number of nitrogens with one attached hydrogen (secondary N) is 3. The molecule has 50 heavy (non-hydrogen) atoms. The molecule has 0 aliphatic heterocycles. The molecule has 0 aliphatic rings. The Hall–Kier alpha value is -6.31. The smallest absolute Gasteiger partial charge is 0.272 e. The van der Waals surface area contributed by atoms with Gasteiger partial charge in [-0.05, 0) is 60.7 Å². The van der Waals surface area contributed by atoms with Crippen molar-refractivity contribution in [1.29, 1.82) is 0 Å². The van der Waals surface area contributed by atoms with Crippen LogP contribution in [0, 0.1) is 10.1 Å². The standard InChI is InChI=1S/C37H27N5O6S2/c43-34(41-37-40-32(22-50-37)24-11-15-28(16-12-24)42(46)47)23-49-30-18-13-27(14-19-30)38-36(45)31(39-35(44)26-9-5-2-6-10-26)21-29-17-20-33(48-29)25-7-3-1-4-8-25/h1-22H,23H2,(H,38,45)(H,39,44)(H,40,41,43). The number of furan rings is 1. The molecule has 0 fully saturated rings. The Morgan fingerprint density at radius 2 is 1.52 bits per heavy atom. The third-order valence-corrected chi connectivity index (χ3v) is 8.88. The van der Waals surface area contributed by atoms with E-state index in [1.165, 1.54) is 41.3 Å². The lowest BCUT2D eigenvalue weighted by Crippen LogP contribution is -2.30. The summed E-state index contributed by atoms with van der Waals surface area (Å²) in [5.74, 6) is -0.145. The highest BCUT2D eigenvalue weighted by molar-refractivity contribution is 8.00. The van der Waals surface area contributed by atoms with Crippen LogP contribution in [0.5, 0.6) is 0 Å². The molecule has 0 radical (unpaired) electrons. The highest BCUT2D eigenvalue weighted by Gasteiger charge is 2.17. The summed E-state index contributed by atoms with van der Waals surface area (Å²) in [7, 11) is 0. The Labute approximate surface area is 294 Å². The number of nitro groups is 1. The van der Waals surface area contributed by atoms with Gasteiger partial charge in [-0.25, -0.2) is 4.98 Å². The second kappa shape index (κ2) is 15.7. The number of hydrogen-bond donors (Lipinski definition) is 3. The fourth-order valence-corrected chi connectivity index (χ4v) is 6.06. The van der Waals surface area contributed by atoms with Gasteiger partial charge in [0.05, 0.1) is 16.4 Å². The van der Waals surface area contributed by atoms with Crippen molar-refractivity contribution in [1.82, 2.24) is 10.3 Å². The summed E-state index contributed by atoms with van der Waals surface area (Å²) in [6, 6.07) is 34.6. The van der Waals surface area contributed by atoms with Crippen molar-refractivity contribution in [2.45, 2.75) is 4.90 Å². The molecule has 0 unspecified atom stereocenters. The van der Waals surface area contributed by atoms with Gasteiger partial charge in [0.15, 0.2) is 5.13 Å². The van der Waals surface area contributed by atoms with Gasteiger partial charge in [-0.3, -0.25) is 24.5 Å². The van der Waals surface area contributed by atoms with Gasteiger partial charge in [-0.2, -0.15) is 0 Å². The third kappa shape index (κ3) is 8.78. The van der Waals surface area contributed by atoms with Gasteiger partial charge in [0.1, 0.15) is 17.2 Å². The lowest BCUT2D eigenvalue weighted by Gasteiger charge is -2.11. The summed E-state index contributed by atoms with van der Waals surface area (Å²) in [6.45, 7) is 0. The van der Waals surface area contributed by atoms with Crippen LogP contribution in [0.15, 0.2) is 142 Å². The average Bonchev–Trinajstić information content (AvgIpc) is 3.82. The molecule has 0 bridgehead atoms. The van der Waals surface area contributed by atoms with Crippen LogP contribution < -0.4 is 16.0 Å². The average molecular weight is 702 g/mol. The van der Waals surface area contributed by atoms with Crippen LogP contribution in [-0.2, 0) is 9.59 Å². The molecule has 0 saturated heterocycles. The van der Waals surface area contributed by atoms with Crippen molar-refractivity contribution >= 4 is 63.4 Å². The largest absolute Gasteiger partial charge is 0.457 e. The number of thioether (sulfide) groups is 1. The number of rotatable bonds is 12. The van der Waals surface area contributed by atoms with Gasteiger partial charge >= 0.3 is 0 Å². The van der Waals surface area contributed by atoms with E-state index in [1.807, 2.05) is 30.3 Å². The Morgan fingerprint density at radius 3 is 2.22 bits per heavy atom. The second-order valence-corrected chi connectivity index (χ2v) is 12.5. The van der Waals surface area contributed by atoms with Crippen LogP contribution in [0.3, 0.4) is 0 Å². The van der Waals surface area contributed by atoms with Crippen LogP contribution in [0.25, 0.3) is 28.7 Å². The summed E-state index contributed by atoms with van der Waals surface area (Å²) in [5, 5.41) is 21.4. The van der Waals surface area contributed by atoms with Crippen LogP contribution in [0.2, 0.25) is 0 Å². The van der Waals surface area contributed by atoms with Gasteiger partial charge in [0, 0.05) is 50.9 Å². The zero-order chi connectivity index (χ0) is 34.9. The highest BCUT2D eigenvalue weighted by Crippen LogP contribution is 2.28. The maximum absolute atomic E-state index is 13.4. The quantitative estimate of drug-likeness (QED) is 0.0500. The van der Waals surface area contributed by atoms with Gasteiger partial charge in [0.25, 0.3) is 17.5 Å². The number of thiazole rings is 1. The molecule has 0 saturated carbocycles. The Kier molecular flexibility index (Phi) is 10.6. The fourth-order valence-electron chi connectivity index (χ4n) is 4.63. The van der Waals surface area contributed by atoms with Crippen LogP contribution in [-0.4, -0.2) is 33.4 Å². The first-order valence-electron chi connectivity index (χ1n) is 15.1. The Morgan fingerprint density at radius 1 is 0.820 bits per heavy atom. The van der Waals surface area contributed by atoms with Gasteiger partial charge in [0.2, 0.25) is 5.91 Å². The van der Waals surface area contributed by atoms with E-state index in [1.54, 1.807) is 84.2 Å². The Balaban J connectivity index is 1.07. The van der Waals surface area contributed by atoms with Crippen molar-refractivity contribution < 1.29 is 23.7 Å². The minimum absolute atomic E-state index is 0.0122. The number of anilines is 2. The van der Waals surface area contributed by atoms with E-state index in [4.69, 9.17) is 4.42 Å². The molecule has 2 heterocycles. The van der Waals surface area contributed by atoms with Crippen LogP contribution in [0.4, 0.5) is 16.5 Å². The zero-order valence-corrected chi connectivity index (χ0v) is 27.7. The van der Waals surface area contributed by atoms with Gasteiger partial charge in [-0.1, -0.05) is 48.5 Å². The van der Waals surface area contributed by atoms with E-state index >= 15 is 0 Å². The number of nitro benzene ring substituents is 1. The third-order valence-electron chi connectivity index (χ3n) is 7.11. The molecule has 0 spiro atoms. The summed E-state index contributed by atoms with van der Waals surface area (Å²) >= 11 is 2.56. The summed E-state index contributed by atoms with van der Waals surface area (Å²) < 4.78 is 5.95. The lowest BCUT2D eigenvalue weighted by atomic mass is 10.1. The summed E-state index contributed by atoms with van der Waals surface area (Å²) in [5.41, 5.74) is 3.02. The molecule has 248 valence electrons. The summed E-state index contributed by atoms with van der Waals surface area (Å²) in [4.78, 5) is 54.7. The minimum Gasteiger partial charge on any atom is -0.457 e. The van der Waals surface area contributed by atoms with Crippen molar-refractivity contribution in [3.05, 3.63) is 154 Å². The van der Waals surface area contributed by atoms with E-state index in [9.17, 15) is 24.5 Å². The maximum Gasteiger partial charge on any atom is 0.272 e. The monoisotopic (exact) mass is 701 g/mol. The van der Waals surface area contributed by atoms with Crippen LogP contribution in [0.1, 0.15) is 16.1 Å². The Bertz CT molecular complexity index is 2160. The molecular formula is C37H27N5O6S2. The molecule has 3 amide bonds. The highest BCUT2D eigenvalue weighted by atomic mass is 32.2. The SMILES string of the molecule is O=C(CSc1ccc(NC(=O)C(=Cc2ccc(-c3ccccc3)o2)NC(=O)c2ccccc2)cc1)Nc1nc(-c2ccc([N+](=O)[O-])cc2)cs1. The first-order chi connectivity index (χ1) is 24.3. The molecule has 6 rings (SSSR count). The number of non-ortho nitro benzene ring substituents is 1. The maximum atomic E-state index is 13.4. The molecular weight excluding hydrogens is 675 g/mol. The molecule has 3 N–H and O–H groups in total. The van der Waals surface area contributed by atoms with Gasteiger partial charge < -0.3 is 20.4 Å². The first kappa shape index (κ1) is 33.6. The summed E-state index contributed by atoms with van der Waals surface area (Å²) in [6.07, 6.45) is 1.47. The molecule has 4 aromatic carbocycles. The van der Waals surface area contributed by atoms with E-state index < -0.39 is 16.7 Å². The van der Waals surface area contributed by atoms with Crippen molar-refractivity contribution in [2.24, 2.45) is 0 Å². The first-order valence-corrected chi connectivity index (χ1v) is 16.9. The van der Waals surface area contributed by atoms with Gasteiger partial charge in [-0.15, -0.1) is 23.1 Å². The van der Waals surface area contributed by atoms with E-state index in [2.05, 4.69) is 20.9 Å². The number of carbonyl (C=O) groups is 3. The number of nitrogens with zero attached hydrogens (tertiary/aromatic N) is 2. The number of benzene rings is 4.